The molecule has 4 aliphatic heterocycles. The van der Waals surface area contributed by atoms with Crippen LogP contribution in [-0.2, 0) is 10.8 Å². The third-order valence-corrected chi connectivity index (χ3v) is 26.1. The van der Waals surface area contributed by atoms with E-state index in [0.29, 0.717) is 5.69 Å². The Balaban J connectivity index is 0.806. The van der Waals surface area contributed by atoms with Gasteiger partial charge < -0.3 is 24.2 Å². The Labute approximate surface area is 698 Å². The molecule has 7 heteroatoms. The average Bonchev–Trinajstić information content (AvgIpc) is 1.35. The summed E-state index contributed by atoms with van der Waals surface area (Å²) >= 11 is 0. The topological polar surface area (TPSA) is 17.9 Å². The fourth-order valence-electron chi connectivity index (χ4n) is 21.3. The molecule has 0 fully saturated rings. The molecule has 0 bridgehead atoms. The van der Waals surface area contributed by atoms with Gasteiger partial charge in [0.1, 0.15) is 0 Å². The number of anilines is 12. The minimum Gasteiger partial charge on any atom is -0.311 e. The van der Waals surface area contributed by atoms with Crippen molar-refractivity contribution in [1.29, 1.82) is 0 Å². The fraction of sp³-hybridized carbons (Fsp3) is 0.0450. The molecular weight excluding hydrogens is 1420 g/mol. The van der Waals surface area contributed by atoms with Crippen molar-refractivity contribution in [2.75, 3.05) is 19.6 Å². The van der Waals surface area contributed by atoms with Crippen LogP contribution >= 0.6 is 0 Å². The van der Waals surface area contributed by atoms with Crippen molar-refractivity contribution >= 4 is 147 Å². The minimum absolute atomic E-state index is 0.00391. The number of para-hydroxylation sites is 7. The van der Waals surface area contributed by atoms with Gasteiger partial charge in [-0.15, -0.1) is 0 Å². The molecule has 25 rings (SSSR count). The van der Waals surface area contributed by atoms with Crippen molar-refractivity contribution < 1.29 is 11.0 Å². The number of hydrogen-bond donors (Lipinski definition) is 0. The van der Waals surface area contributed by atoms with Gasteiger partial charge in [-0.3, -0.25) is 0 Å². The maximum Gasteiger partial charge on any atom is 0.252 e. The first-order valence-electron chi connectivity index (χ1n) is 44.8. The summed E-state index contributed by atoms with van der Waals surface area (Å²) < 4.78 is 79.2. The van der Waals surface area contributed by atoms with E-state index in [-0.39, 0.29) is 46.0 Å². The van der Waals surface area contributed by atoms with E-state index in [9.17, 15) is 11.0 Å². The predicted octanol–water partition coefficient (Wildman–Crippen LogP) is 24.7. The Morgan fingerprint density at radius 3 is 1.25 bits per heavy atom. The van der Waals surface area contributed by atoms with Gasteiger partial charge in [0.05, 0.1) is 44.5 Å². The van der Waals surface area contributed by atoms with Crippen LogP contribution in [0.1, 0.15) is 59.6 Å². The van der Waals surface area contributed by atoms with E-state index in [2.05, 4.69) is 386 Å². The highest BCUT2D eigenvalue weighted by Gasteiger charge is 2.54. The smallest absolute Gasteiger partial charge is 0.252 e. The quantitative estimate of drug-likeness (QED) is 0.141. The molecule has 0 amide bonds. The molecule has 2 aliphatic carbocycles. The fourth-order valence-corrected chi connectivity index (χ4v) is 21.3. The molecule has 0 unspecified atom stereocenters. The molecule has 550 valence electrons. The molecule has 0 atom stereocenters. The number of benzene rings is 18. The van der Waals surface area contributed by atoms with Crippen LogP contribution in [0.3, 0.4) is 0 Å². The molecule has 5 nitrogen and oxygen atoms in total. The van der Waals surface area contributed by atoms with Crippen LogP contribution in [0.4, 0.5) is 68.2 Å². The van der Waals surface area contributed by atoms with Gasteiger partial charge in [0.25, 0.3) is 13.4 Å². The van der Waals surface area contributed by atoms with Crippen molar-refractivity contribution in [3.63, 3.8) is 0 Å². The van der Waals surface area contributed by atoms with E-state index in [1.807, 2.05) is 6.07 Å². The van der Waals surface area contributed by atoms with Crippen LogP contribution in [-0.4, -0.2) is 18.0 Å². The number of nitrogens with zero attached hydrogens (tertiary/aromatic N) is 5. The Bertz CT molecular complexity index is 7780. The molecular formula is C111H75B2N5. The molecule has 0 radical (unpaired) electrons. The first-order valence-corrected chi connectivity index (χ1v) is 40.8. The lowest BCUT2D eigenvalue weighted by Crippen LogP contribution is -2.65. The van der Waals surface area contributed by atoms with E-state index in [0.717, 1.165) is 140 Å². The van der Waals surface area contributed by atoms with E-state index < -0.39 is 48.4 Å². The maximum absolute atomic E-state index is 10.1. The van der Waals surface area contributed by atoms with Gasteiger partial charge in [0.15, 0.2) is 0 Å². The minimum atomic E-state index is -0.605. The van der Waals surface area contributed by atoms with Crippen molar-refractivity contribution in [1.82, 2.24) is 4.57 Å². The Morgan fingerprint density at radius 2 is 0.712 bits per heavy atom. The standard InChI is InChI=1S/C111H75B2N5/c1-110(2,3)74-64-87(70-34-9-4-10-35-70)108(88(65-74)71-36-11-5-12-37-71)118-99-59-32-28-55-93(99)112-94-68-95-101(69-100(94)115(76-40-15-7-16-41-76)103-66-78(67-104(118)106(103)112)116-96-56-29-22-47-84(96)85-48-23-30-57-97(85)116)114(75-38-13-6-14-39-75)102-63-73-62-72(60-61-80(73)109-107(102)113(95)92-54-27-31-58-98(92)117(109)77-42-17-8-18-43-77)79-49-33-50-86-83-46-21-26-53-91(83)111(105(79)86)89-51-24-19-44-81(89)82-45-20-25-52-90(82)111/h4-69H,1-3H3/i22D,23D,29D,30D,47D,48D,56D,57D. The van der Waals surface area contributed by atoms with Crippen molar-refractivity contribution in [2.24, 2.45) is 0 Å². The van der Waals surface area contributed by atoms with Gasteiger partial charge in [0.2, 0.25) is 0 Å². The van der Waals surface area contributed by atoms with E-state index in [4.69, 9.17) is 0 Å². The summed E-state index contributed by atoms with van der Waals surface area (Å²) in [6.45, 7) is 5.91. The summed E-state index contributed by atoms with van der Waals surface area (Å²) in [5.74, 6) is 0. The van der Waals surface area contributed by atoms with Gasteiger partial charge in [-0.2, -0.15) is 0 Å². The summed E-state index contributed by atoms with van der Waals surface area (Å²) in [6, 6.07) is 125. The summed E-state index contributed by atoms with van der Waals surface area (Å²) in [4.78, 5) is 9.84. The second-order valence-electron chi connectivity index (χ2n) is 33.1. The molecule has 0 saturated carbocycles. The van der Waals surface area contributed by atoms with Crippen LogP contribution in [0.25, 0.3) is 93.9 Å². The number of hydrogen-bond acceptors (Lipinski definition) is 4. The molecule has 18 aromatic carbocycles. The number of rotatable bonds is 8. The van der Waals surface area contributed by atoms with E-state index in [1.165, 1.54) is 55.5 Å². The van der Waals surface area contributed by atoms with Gasteiger partial charge in [-0.25, -0.2) is 0 Å². The zero-order valence-electron chi connectivity index (χ0n) is 72.9. The number of aromatic nitrogens is 1. The highest BCUT2D eigenvalue weighted by Crippen LogP contribution is 2.65. The van der Waals surface area contributed by atoms with Crippen LogP contribution in [0.15, 0.2) is 400 Å². The zero-order valence-corrected chi connectivity index (χ0v) is 64.9. The first kappa shape index (κ1) is 59.1. The Hall–Kier alpha value is -14.7. The summed E-state index contributed by atoms with van der Waals surface area (Å²) in [5.41, 5.74) is 34.7. The Kier molecular flexibility index (Phi) is 12.6. The first-order chi connectivity index (χ1) is 61.6. The van der Waals surface area contributed by atoms with Crippen molar-refractivity contribution in [3.8, 4) is 61.3 Å². The lowest BCUT2D eigenvalue weighted by atomic mass is 9.30. The largest absolute Gasteiger partial charge is 0.311 e. The van der Waals surface area contributed by atoms with Crippen molar-refractivity contribution in [3.05, 3.63) is 428 Å². The van der Waals surface area contributed by atoms with Gasteiger partial charge in [0, 0.05) is 84.2 Å². The van der Waals surface area contributed by atoms with Crippen LogP contribution in [0.2, 0.25) is 0 Å². The lowest BCUT2D eigenvalue weighted by molar-refractivity contribution is 0.591. The number of fused-ring (bicyclic) bond motifs is 23. The molecule has 1 aromatic heterocycles. The highest BCUT2D eigenvalue weighted by molar-refractivity contribution is 7.03. The van der Waals surface area contributed by atoms with Gasteiger partial charge >= 0.3 is 0 Å². The normalized spacial score (nSPS) is 14.8. The molecule has 6 aliphatic rings. The summed E-state index contributed by atoms with van der Waals surface area (Å²) in [7, 11) is 0. The second-order valence-corrected chi connectivity index (χ2v) is 33.1. The van der Waals surface area contributed by atoms with Gasteiger partial charge in [-0.1, -0.05) is 318 Å². The summed E-state index contributed by atoms with van der Waals surface area (Å²) in [6.07, 6.45) is 0. The van der Waals surface area contributed by atoms with Crippen molar-refractivity contribution in [2.45, 2.75) is 31.6 Å². The lowest BCUT2D eigenvalue weighted by Gasteiger charge is -2.48. The molecule has 0 saturated heterocycles. The molecule has 5 heterocycles. The SMILES string of the molecule is [2H]c1c([2H])c([2H])c2c(c1[2H])c1c([2H])c([2H])c([2H])c([2H])c1n2-c1cc2c3c(c1)N(c1c(-c4ccccc4)cc(C(C)(C)C)cc1-c1ccccc1)c1ccccc1B3c1cc3c(cc1N2c1ccccc1)N(c1ccccc1)c1cc2cc(-c4cccc5c4C4(c6ccccc6-c6ccccc64)c4ccccc4-5)ccc2c2c1B3c1ccccc1N2c1ccccc1. The van der Waals surface area contributed by atoms with Crippen LogP contribution in [0.5, 0.6) is 0 Å². The van der Waals surface area contributed by atoms with Gasteiger partial charge in [-0.05, 0) is 219 Å². The highest BCUT2D eigenvalue weighted by atomic mass is 15.2. The molecule has 0 N–H and O–H groups in total. The third kappa shape index (κ3) is 9.30. The van der Waals surface area contributed by atoms with Crippen LogP contribution in [0, 0.1) is 0 Å². The third-order valence-electron chi connectivity index (χ3n) is 26.1. The molecule has 19 aromatic rings. The monoisotopic (exact) mass is 1510 g/mol. The Morgan fingerprint density at radius 1 is 0.280 bits per heavy atom. The van der Waals surface area contributed by atoms with Crippen LogP contribution < -0.4 is 52.4 Å². The van der Waals surface area contributed by atoms with E-state index >= 15 is 0 Å². The summed E-state index contributed by atoms with van der Waals surface area (Å²) in [5, 5.41) is 2.17. The van der Waals surface area contributed by atoms with E-state index in [1.54, 1.807) is 4.57 Å². The maximum atomic E-state index is 10.1. The second kappa shape index (κ2) is 25.2. The molecule has 1 spiro atoms. The average molecular weight is 1510 g/mol. The molecule has 118 heavy (non-hydrogen) atoms. The zero-order chi connectivity index (χ0) is 84.8. The predicted molar refractivity (Wildman–Crippen MR) is 498 cm³/mol.